The number of nitrogens with zero attached hydrogens (tertiary/aromatic N) is 1. The van der Waals surface area contributed by atoms with Gasteiger partial charge in [-0.05, 0) is 29.7 Å². The molecule has 0 spiro atoms. The van der Waals surface area contributed by atoms with Crippen LogP contribution in [0.3, 0.4) is 0 Å². The number of aromatic amines is 1. The van der Waals surface area contributed by atoms with E-state index in [9.17, 15) is 4.79 Å². The number of H-pyrrole nitrogens is 1. The minimum absolute atomic E-state index is 0.143. The lowest BCUT2D eigenvalue weighted by molar-refractivity contribution is 0.102. The molecule has 0 fully saturated rings. The van der Waals surface area contributed by atoms with Crippen molar-refractivity contribution in [2.24, 2.45) is 0 Å². The molecule has 25 heavy (non-hydrogen) atoms. The van der Waals surface area contributed by atoms with Gasteiger partial charge in [0.1, 0.15) is 0 Å². The van der Waals surface area contributed by atoms with Crippen molar-refractivity contribution in [2.75, 3.05) is 5.32 Å². The maximum absolute atomic E-state index is 12.8. The molecule has 0 aliphatic rings. The largest absolute Gasteiger partial charge is 0.322 e. The number of fused-ring (bicyclic) bond motifs is 1. The van der Waals surface area contributed by atoms with Crippen LogP contribution in [0.25, 0.3) is 10.9 Å². The zero-order valence-electron chi connectivity index (χ0n) is 13.6. The Morgan fingerprint density at radius 1 is 0.920 bits per heavy atom. The van der Waals surface area contributed by atoms with Crippen LogP contribution in [0.15, 0.2) is 79.0 Å². The Hall–Kier alpha value is -3.40. The van der Waals surface area contributed by atoms with Gasteiger partial charge in [-0.1, -0.05) is 60.7 Å². The van der Waals surface area contributed by atoms with Crippen molar-refractivity contribution < 1.29 is 4.79 Å². The summed E-state index contributed by atoms with van der Waals surface area (Å²) in [6.07, 6.45) is 2.49. The van der Waals surface area contributed by atoms with Gasteiger partial charge >= 0.3 is 0 Å². The van der Waals surface area contributed by atoms with Gasteiger partial charge in [0.15, 0.2) is 0 Å². The van der Waals surface area contributed by atoms with E-state index in [0.717, 1.165) is 28.6 Å². The van der Waals surface area contributed by atoms with Crippen LogP contribution in [0.5, 0.6) is 0 Å². The molecule has 4 rings (SSSR count). The number of hydrogen-bond acceptors (Lipinski definition) is 2. The average Bonchev–Trinajstić information content (AvgIpc) is 3.13. The molecule has 0 saturated carbocycles. The van der Waals surface area contributed by atoms with E-state index in [1.54, 1.807) is 12.3 Å². The van der Waals surface area contributed by atoms with E-state index >= 15 is 0 Å². The van der Waals surface area contributed by atoms with Gasteiger partial charge in [0.25, 0.3) is 5.91 Å². The van der Waals surface area contributed by atoms with Gasteiger partial charge in [-0.2, -0.15) is 5.10 Å². The molecule has 3 aromatic carbocycles. The van der Waals surface area contributed by atoms with Crippen LogP contribution >= 0.6 is 0 Å². The molecular weight excluding hydrogens is 310 g/mol. The number of carbonyl (C=O) groups excluding carboxylic acids is 1. The first-order valence-electron chi connectivity index (χ1n) is 8.16. The second-order valence-corrected chi connectivity index (χ2v) is 5.91. The van der Waals surface area contributed by atoms with Gasteiger partial charge in [-0.15, -0.1) is 0 Å². The number of hydrogen-bond donors (Lipinski definition) is 2. The summed E-state index contributed by atoms with van der Waals surface area (Å²) in [6, 6.07) is 23.7. The van der Waals surface area contributed by atoms with Crippen LogP contribution in [0, 0.1) is 0 Å². The molecule has 0 atom stereocenters. The van der Waals surface area contributed by atoms with Crippen LogP contribution in [0.1, 0.15) is 21.5 Å². The predicted octanol–water partition coefficient (Wildman–Crippen LogP) is 4.41. The van der Waals surface area contributed by atoms with Crippen molar-refractivity contribution >= 4 is 22.5 Å². The van der Waals surface area contributed by atoms with E-state index in [0.29, 0.717) is 5.56 Å². The summed E-state index contributed by atoms with van der Waals surface area (Å²) >= 11 is 0. The van der Waals surface area contributed by atoms with E-state index in [-0.39, 0.29) is 5.91 Å². The van der Waals surface area contributed by atoms with Crippen LogP contribution in [-0.2, 0) is 6.42 Å². The van der Waals surface area contributed by atoms with Gasteiger partial charge in [-0.3, -0.25) is 9.89 Å². The van der Waals surface area contributed by atoms with E-state index in [2.05, 4.69) is 27.6 Å². The standard InChI is InChI=1S/C21H17N3O/c25-21(18-11-6-10-17-14-22-24-20(17)18)23-19-12-5-4-9-16(19)13-15-7-2-1-3-8-15/h1-12,14H,13H2,(H,22,24)(H,23,25). The smallest absolute Gasteiger partial charge is 0.257 e. The third kappa shape index (κ3) is 3.15. The van der Waals surface area contributed by atoms with Crippen molar-refractivity contribution in [3.63, 3.8) is 0 Å². The summed E-state index contributed by atoms with van der Waals surface area (Å²) < 4.78 is 0. The number of para-hydroxylation sites is 2. The second-order valence-electron chi connectivity index (χ2n) is 5.91. The minimum atomic E-state index is -0.143. The summed E-state index contributed by atoms with van der Waals surface area (Å²) in [7, 11) is 0. The summed E-state index contributed by atoms with van der Waals surface area (Å²) in [5.74, 6) is -0.143. The third-order valence-electron chi connectivity index (χ3n) is 4.22. The number of nitrogens with one attached hydrogen (secondary N) is 2. The van der Waals surface area contributed by atoms with Crippen molar-refractivity contribution in [1.82, 2.24) is 10.2 Å². The molecule has 4 heteroatoms. The van der Waals surface area contributed by atoms with Crippen LogP contribution < -0.4 is 5.32 Å². The second kappa shape index (κ2) is 6.61. The lowest BCUT2D eigenvalue weighted by Gasteiger charge is -2.11. The monoisotopic (exact) mass is 327 g/mol. The fourth-order valence-corrected chi connectivity index (χ4v) is 2.96. The molecule has 0 aliphatic heterocycles. The molecular formula is C21H17N3O. The number of amides is 1. The molecule has 0 saturated heterocycles. The maximum atomic E-state index is 12.8. The van der Waals surface area contributed by atoms with Crippen LogP contribution in [0.2, 0.25) is 0 Å². The Labute approximate surface area is 145 Å². The Morgan fingerprint density at radius 3 is 2.60 bits per heavy atom. The van der Waals surface area contributed by atoms with E-state index in [1.807, 2.05) is 54.6 Å². The fraction of sp³-hybridized carbons (Fsp3) is 0.0476. The highest BCUT2D eigenvalue weighted by Crippen LogP contribution is 2.22. The SMILES string of the molecule is O=C(Nc1ccccc1Cc1ccccc1)c1cccc2cn[nH]c12. The highest BCUT2D eigenvalue weighted by Gasteiger charge is 2.13. The topological polar surface area (TPSA) is 57.8 Å². The molecule has 4 aromatic rings. The van der Waals surface area contributed by atoms with Gasteiger partial charge in [0.2, 0.25) is 0 Å². The highest BCUT2D eigenvalue weighted by atomic mass is 16.1. The molecule has 0 bridgehead atoms. The summed E-state index contributed by atoms with van der Waals surface area (Å²) in [4.78, 5) is 12.8. The number of aromatic nitrogens is 2. The van der Waals surface area contributed by atoms with E-state index < -0.39 is 0 Å². The normalized spacial score (nSPS) is 10.7. The molecule has 0 aliphatic carbocycles. The zero-order valence-corrected chi connectivity index (χ0v) is 13.6. The molecule has 2 N–H and O–H groups in total. The van der Waals surface area contributed by atoms with Crippen molar-refractivity contribution in [1.29, 1.82) is 0 Å². The number of benzene rings is 3. The predicted molar refractivity (Wildman–Crippen MR) is 99.7 cm³/mol. The highest BCUT2D eigenvalue weighted by molar-refractivity contribution is 6.12. The Bertz CT molecular complexity index is 1020. The number of anilines is 1. The van der Waals surface area contributed by atoms with Crippen LogP contribution in [0.4, 0.5) is 5.69 Å². The average molecular weight is 327 g/mol. The molecule has 122 valence electrons. The minimum Gasteiger partial charge on any atom is -0.322 e. The summed E-state index contributed by atoms with van der Waals surface area (Å²) in [5.41, 5.74) is 4.46. The lowest BCUT2D eigenvalue weighted by atomic mass is 10.0. The Balaban J connectivity index is 1.63. The summed E-state index contributed by atoms with van der Waals surface area (Å²) in [5, 5.41) is 10.9. The van der Waals surface area contributed by atoms with E-state index in [4.69, 9.17) is 0 Å². The number of carbonyl (C=O) groups is 1. The molecule has 0 unspecified atom stereocenters. The molecule has 1 heterocycles. The number of rotatable bonds is 4. The van der Waals surface area contributed by atoms with Crippen LogP contribution in [-0.4, -0.2) is 16.1 Å². The maximum Gasteiger partial charge on any atom is 0.257 e. The van der Waals surface area contributed by atoms with Crippen molar-refractivity contribution in [3.05, 3.63) is 95.7 Å². The third-order valence-corrected chi connectivity index (χ3v) is 4.22. The lowest BCUT2D eigenvalue weighted by Crippen LogP contribution is -2.14. The zero-order chi connectivity index (χ0) is 17.1. The molecule has 1 amide bonds. The Morgan fingerprint density at radius 2 is 1.72 bits per heavy atom. The fourth-order valence-electron chi connectivity index (χ4n) is 2.96. The van der Waals surface area contributed by atoms with Gasteiger partial charge < -0.3 is 5.32 Å². The van der Waals surface area contributed by atoms with E-state index in [1.165, 1.54) is 5.56 Å². The first-order valence-corrected chi connectivity index (χ1v) is 8.16. The molecule has 1 aromatic heterocycles. The molecule has 0 radical (unpaired) electrons. The summed E-state index contributed by atoms with van der Waals surface area (Å²) in [6.45, 7) is 0. The van der Waals surface area contributed by atoms with Crippen molar-refractivity contribution in [3.8, 4) is 0 Å². The van der Waals surface area contributed by atoms with Gasteiger partial charge in [0, 0.05) is 11.1 Å². The first kappa shape index (κ1) is 15.1. The quantitative estimate of drug-likeness (QED) is 0.583. The first-order chi connectivity index (χ1) is 12.3. The Kier molecular flexibility index (Phi) is 4.01. The van der Waals surface area contributed by atoms with Gasteiger partial charge in [0.05, 0.1) is 17.3 Å². The van der Waals surface area contributed by atoms with Gasteiger partial charge in [-0.25, -0.2) is 0 Å². The molecule has 4 nitrogen and oxygen atoms in total. The van der Waals surface area contributed by atoms with Crippen molar-refractivity contribution in [2.45, 2.75) is 6.42 Å².